The van der Waals surface area contributed by atoms with Crippen molar-refractivity contribution in [2.75, 3.05) is 24.6 Å². The summed E-state index contributed by atoms with van der Waals surface area (Å²) in [6.45, 7) is 5.99. The normalized spacial score (nSPS) is 19.9. The minimum Gasteiger partial charge on any atom is -0.480 e. The molecule has 0 aromatic heterocycles. The Morgan fingerprint density at radius 3 is 2.44 bits per heavy atom. The number of carboxylic acid groups (broad SMARTS) is 1. The fourth-order valence-corrected chi connectivity index (χ4v) is 3.57. The molecule has 1 aliphatic heterocycles. The lowest BCUT2D eigenvalue weighted by Gasteiger charge is -2.42. The highest BCUT2D eigenvalue weighted by Gasteiger charge is 2.44. The van der Waals surface area contributed by atoms with Gasteiger partial charge in [0.25, 0.3) is 0 Å². The Morgan fingerprint density at radius 1 is 1.38 bits per heavy atom. The van der Waals surface area contributed by atoms with Gasteiger partial charge in [-0.1, -0.05) is 20.3 Å². The van der Waals surface area contributed by atoms with Gasteiger partial charge in [-0.15, -0.1) is 0 Å². The molecule has 0 bridgehead atoms. The third-order valence-electron chi connectivity index (χ3n) is 3.49. The van der Waals surface area contributed by atoms with E-state index < -0.39 is 11.5 Å². The van der Waals surface area contributed by atoms with Crippen molar-refractivity contribution in [1.82, 2.24) is 4.90 Å². The molecule has 1 saturated heterocycles. The van der Waals surface area contributed by atoms with Gasteiger partial charge in [0.1, 0.15) is 5.54 Å². The predicted octanol–water partition coefficient (Wildman–Crippen LogP) is 2.46. The first-order valence-corrected chi connectivity index (χ1v) is 7.39. The van der Waals surface area contributed by atoms with Crippen LogP contribution in [0.3, 0.4) is 0 Å². The van der Waals surface area contributed by atoms with E-state index in [1.807, 2.05) is 11.8 Å². The van der Waals surface area contributed by atoms with Crippen LogP contribution in [-0.2, 0) is 4.79 Å². The van der Waals surface area contributed by atoms with E-state index in [9.17, 15) is 9.90 Å². The van der Waals surface area contributed by atoms with Crippen LogP contribution in [0.15, 0.2) is 0 Å². The quantitative estimate of drug-likeness (QED) is 0.780. The Bertz CT molecular complexity index is 227. The third-order valence-corrected chi connectivity index (χ3v) is 4.47. The smallest absolute Gasteiger partial charge is 0.324 e. The van der Waals surface area contributed by atoms with Gasteiger partial charge in [0.2, 0.25) is 0 Å². The molecule has 0 radical (unpaired) electrons. The van der Waals surface area contributed by atoms with E-state index >= 15 is 0 Å². The Labute approximate surface area is 103 Å². The SMILES string of the molecule is CCCCN(CC)C1(C(=O)O)CCSCC1. The van der Waals surface area contributed by atoms with Crippen molar-refractivity contribution in [3.8, 4) is 0 Å². The summed E-state index contributed by atoms with van der Waals surface area (Å²) in [5, 5.41) is 9.54. The number of aliphatic carboxylic acids is 1. The molecule has 0 spiro atoms. The monoisotopic (exact) mass is 245 g/mol. The van der Waals surface area contributed by atoms with Crippen LogP contribution in [0.4, 0.5) is 0 Å². The number of likely N-dealkylation sites (N-methyl/N-ethyl adjacent to an activating group) is 1. The lowest BCUT2D eigenvalue weighted by Crippen LogP contribution is -2.56. The summed E-state index contributed by atoms with van der Waals surface area (Å²) in [4.78, 5) is 13.8. The van der Waals surface area contributed by atoms with Gasteiger partial charge in [-0.25, -0.2) is 0 Å². The summed E-state index contributed by atoms with van der Waals surface area (Å²) < 4.78 is 0. The molecule has 0 atom stereocenters. The van der Waals surface area contributed by atoms with Gasteiger partial charge in [-0.2, -0.15) is 11.8 Å². The Balaban J connectivity index is 2.76. The molecule has 4 heteroatoms. The number of thioether (sulfide) groups is 1. The zero-order valence-electron chi connectivity index (χ0n) is 10.4. The summed E-state index contributed by atoms with van der Waals surface area (Å²) in [6.07, 6.45) is 3.81. The predicted molar refractivity (Wildman–Crippen MR) is 69.1 cm³/mol. The van der Waals surface area contributed by atoms with Crippen LogP contribution in [-0.4, -0.2) is 46.1 Å². The molecule has 1 rings (SSSR count). The molecule has 0 saturated carbocycles. The molecule has 0 amide bonds. The van der Waals surface area contributed by atoms with Gasteiger partial charge >= 0.3 is 5.97 Å². The number of nitrogens with zero attached hydrogens (tertiary/aromatic N) is 1. The van der Waals surface area contributed by atoms with Crippen molar-refractivity contribution in [1.29, 1.82) is 0 Å². The minimum atomic E-state index is -0.620. The highest BCUT2D eigenvalue weighted by molar-refractivity contribution is 7.99. The molecule has 1 heterocycles. The fraction of sp³-hybridized carbons (Fsp3) is 0.917. The van der Waals surface area contributed by atoms with Crippen molar-refractivity contribution in [3.05, 3.63) is 0 Å². The van der Waals surface area contributed by atoms with Crippen LogP contribution in [0.1, 0.15) is 39.5 Å². The standard InChI is InChI=1S/C12H23NO2S/c1-3-5-8-13(4-2)12(11(14)15)6-9-16-10-7-12/h3-10H2,1-2H3,(H,14,15). The van der Waals surface area contributed by atoms with E-state index in [-0.39, 0.29) is 0 Å². The van der Waals surface area contributed by atoms with Gasteiger partial charge in [0.15, 0.2) is 0 Å². The maximum Gasteiger partial charge on any atom is 0.324 e. The van der Waals surface area contributed by atoms with Crippen molar-refractivity contribution >= 4 is 17.7 Å². The first kappa shape index (κ1) is 13.8. The van der Waals surface area contributed by atoms with E-state index in [4.69, 9.17) is 0 Å². The summed E-state index contributed by atoms with van der Waals surface area (Å²) in [5.74, 6) is 1.34. The van der Waals surface area contributed by atoms with Gasteiger partial charge in [0, 0.05) is 0 Å². The van der Waals surface area contributed by atoms with Crippen LogP contribution in [0.25, 0.3) is 0 Å². The molecule has 0 aliphatic carbocycles. The summed E-state index contributed by atoms with van der Waals surface area (Å²) in [7, 11) is 0. The van der Waals surface area contributed by atoms with Gasteiger partial charge in [0.05, 0.1) is 0 Å². The zero-order chi connectivity index (χ0) is 12.0. The Morgan fingerprint density at radius 2 is 2.00 bits per heavy atom. The average Bonchev–Trinajstić information content (AvgIpc) is 2.31. The molecule has 94 valence electrons. The van der Waals surface area contributed by atoms with Gasteiger partial charge in [-0.3, -0.25) is 9.69 Å². The third kappa shape index (κ3) is 2.92. The minimum absolute atomic E-state index is 0.574. The zero-order valence-corrected chi connectivity index (χ0v) is 11.2. The highest BCUT2D eigenvalue weighted by atomic mass is 32.2. The first-order chi connectivity index (χ1) is 7.67. The van der Waals surface area contributed by atoms with E-state index in [1.54, 1.807) is 0 Å². The van der Waals surface area contributed by atoms with Crippen LogP contribution < -0.4 is 0 Å². The number of hydrogen-bond acceptors (Lipinski definition) is 3. The van der Waals surface area contributed by atoms with Crippen LogP contribution >= 0.6 is 11.8 Å². The second-order valence-corrected chi connectivity index (χ2v) is 5.61. The topological polar surface area (TPSA) is 40.5 Å². The number of carbonyl (C=O) groups is 1. The molecule has 0 unspecified atom stereocenters. The maximum absolute atomic E-state index is 11.6. The summed E-state index contributed by atoms with van der Waals surface area (Å²) in [6, 6.07) is 0. The second kappa shape index (κ2) is 6.50. The van der Waals surface area contributed by atoms with E-state index in [1.165, 1.54) is 0 Å². The molecule has 1 N–H and O–H groups in total. The lowest BCUT2D eigenvalue weighted by molar-refractivity contribution is -0.152. The van der Waals surface area contributed by atoms with Crippen molar-refractivity contribution in [2.24, 2.45) is 0 Å². The Hall–Kier alpha value is -0.220. The van der Waals surface area contributed by atoms with Crippen LogP contribution in [0.2, 0.25) is 0 Å². The molecule has 16 heavy (non-hydrogen) atoms. The molecule has 1 fully saturated rings. The number of rotatable bonds is 6. The van der Waals surface area contributed by atoms with Crippen molar-refractivity contribution < 1.29 is 9.90 Å². The summed E-state index contributed by atoms with van der Waals surface area (Å²) >= 11 is 1.88. The average molecular weight is 245 g/mol. The highest BCUT2D eigenvalue weighted by Crippen LogP contribution is 2.33. The molecule has 3 nitrogen and oxygen atoms in total. The Kier molecular flexibility index (Phi) is 5.62. The first-order valence-electron chi connectivity index (χ1n) is 6.23. The van der Waals surface area contributed by atoms with Gasteiger partial charge < -0.3 is 5.11 Å². The maximum atomic E-state index is 11.6. The number of unbranched alkanes of at least 4 members (excludes halogenated alkanes) is 1. The van der Waals surface area contributed by atoms with E-state index in [0.717, 1.165) is 50.3 Å². The largest absolute Gasteiger partial charge is 0.480 e. The van der Waals surface area contributed by atoms with E-state index in [0.29, 0.717) is 0 Å². The molecule has 0 aromatic carbocycles. The molecule has 0 aromatic rings. The number of carboxylic acids is 1. The van der Waals surface area contributed by atoms with Gasteiger partial charge in [-0.05, 0) is 43.9 Å². The van der Waals surface area contributed by atoms with Crippen LogP contribution in [0.5, 0.6) is 0 Å². The second-order valence-electron chi connectivity index (χ2n) is 4.38. The van der Waals surface area contributed by atoms with Crippen molar-refractivity contribution in [3.63, 3.8) is 0 Å². The lowest BCUT2D eigenvalue weighted by atomic mass is 9.89. The molecule has 1 aliphatic rings. The van der Waals surface area contributed by atoms with Crippen molar-refractivity contribution in [2.45, 2.75) is 45.1 Å². The van der Waals surface area contributed by atoms with E-state index in [2.05, 4.69) is 18.7 Å². The van der Waals surface area contributed by atoms with Crippen LogP contribution in [0, 0.1) is 0 Å². The molecular weight excluding hydrogens is 222 g/mol. The molecular formula is C12H23NO2S. The summed E-state index contributed by atoms with van der Waals surface area (Å²) in [5.41, 5.74) is -0.574. The fourth-order valence-electron chi connectivity index (χ4n) is 2.40. The number of hydrogen-bond donors (Lipinski definition) is 1.